The van der Waals surface area contributed by atoms with Gasteiger partial charge in [-0.2, -0.15) is 13.2 Å². The number of carbonyl (C=O) groups excluding carboxylic acids is 1. The number of aromatic amines is 1. The molecule has 3 rings (SSSR count). The van der Waals surface area contributed by atoms with E-state index in [1.807, 2.05) is 0 Å². The number of hydrogen-bond acceptors (Lipinski definition) is 4. The van der Waals surface area contributed by atoms with Crippen LogP contribution in [0.1, 0.15) is 27.2 Å². The number of hydrogen-bond donors (Lipinski definition) is 3. The summed E-state index contributed by atoms with van der Waals surface area (Å²) >= 11 is 0. The van der Waals surface area contributed by atoms with E-state index in [0.29, 0.717) is 11.3 Å². The van der Waals surface area contributed by atoms with Crippen molar-refractivity contribution in [3.63, 3.8) is 0 Å². The minimum atomic E-state index is -4.59. The van der Waals surface area contributed by atoms with Gasteiger partial charge in [0, 0.05) is 24.1 Å². The Balaban J connectivity index is 1.98. The van der Waals surface area contributed by atoms with Gasteiger partial charge >= 0.3 is 6.18 Å². The number of fused-ring (bicyclic) bond motifs is 1. The van der Waals surface area contributed by atoms with Crippen LogP contribution in [0.3, 0.4) is 0 Å². The lowest BCUT2D eigenvalue weighted by Gasteiger charge is -2.12. The zero-order valence-electron chi connectivity index (χ0n) is 14.1. The topological polar surface area (TPSA) is 101 Å². The van der Waals surface area contributed by atoms with Crippen molar-refractivity contribution in [2.75, 3.05) is 5.32 Å². The van der Waals surface area contributed by atoms with E-state index in [1.165, 1.54) is 18.3 Å². The van der Waals surface area contributed by atoms with Crippen molar-refractivity contribution in [3.8, 4) is 0 Å². The van der Waals surface area contributed by atoms with Gasteiger partial charge in [0.2, 0.25) is 5.43 Å². The number of aromatic nitrogens is 2. The van der Waals surface area contributed by atoms with Crippen LogP contribution in [0.25, 0.3) is 11.0 Å². The Morgan fingerprint density at radius 2 is 2.00 bits per heavy atom. The fraction of sp³-hybridized carbons (Fsp3) is 0.167. The molecule has 1 amide bonds. The molecule has 0 spiro atoms. The SMILES string of the molecule is Cc1ccc2c(=O)c(C(=O)Nc3cc(CN)cc(C(F)(F)F)c3)c[nH]c2n1. The molecule has 9 heteroatoms. The average Bonchev–Trinajstić information content (AvgIpc) is 2.60. The molecule has 2 aromatic heterocycles. The molecule has 0 fully saturated rings. The van der Waals surface area contributed by atoms with E-state index in [-0.39, 0.29) is 28.7 Å². The fourth-order valence-corrected chi connectivity index (χ4v) is 2.61. The van der Waals surface area contributed by atoms with Crippen molar-refractivity contribution >= 4 is 22.6 Å². The molecule has 0 bridgehead atoms. The Bertz CT molecular complexity index is 1090. The minimum Gasteiger partial charge on any atom is -0.345 e. The molecule has 3 aromatic rings. The van der Waals surface area contributed by atoms with Gasteiger partial charge < -0.3 is 16.0 Å². The lowest BCUT2D eigenvalue weighted by molar-refractivity contribution is -0.137. The predicted octanol–water partition coefficient (Wildman–Crippen LogP) is 2.96. The number of alkyl halides is 3. The number of benzene rings is 1. The maximum atomic E-state index is 13.0. The normalized spacial score (nSPS) is 11.6. The van der Waals surface area contributed by atoms with Crippen LogP contribution >= 0.6 is 0 Å². The predicted molar refractivity (Wildman–Crippen MR) is 94.4 cm³/mol. The van der Waals surface area contributed by atoms with Crippen molar-refractivity contribution < 1.29 is 18.0 Å². The number of pyridine rings is 2. The first-order chi connectivity index (χ1) is 12.7. The summed E-state index contributed by atoms with van der Waals surface area (Å²) in [6.07, 6.45) is -3.40. The molecular formula is C18H15F3N4O2. The van der Waals surface area contributed by atoms with E-state index < -0.39 is 23.1 Å². The third-order valence-electron chi connectivity index (χ3n) is 3.94. The van der Waals surface area contributed by atoms with E-state index in [0.717, 1.165) is 12.1 Å². The second-order valence-electron chi connectivity index (χ2n) is 5.95. The van der Waals surface area contributed by atoms with Crippen molar-refractivity contribution in [3.05, 3.63) is 69.1 Å². The van der Waals surface area contributed by atoms with E-state index in [4.69, 9.17) is 5.73 Å². The van der Waals surface area contributed by atoms with E-state index in [2.05, 4.69) is 15.3 Å². The number of nitrogens with zero attached hydrogens (tertiary/aromatic N) is 1. The zero-order valence-corrected chi connectivity index (χ0v) is 14.1. The molecule has 0 aliphatic heterocycles. The molecule has 0 unspecified atom stereocenters. The molecule has 27 heavy (non-hydrogen) atoms. The van der Waals surface area contributed by atoms with Gasteiger partial charge in [0.15, 0.2) is 0 Å². The van der Waals surface area contributed by atoms with Gasteiger partial charge in [-0.05, 0) is 42.8 Å². The molecule has 0 saturated carbocycles. The quantitative estimate of drug-likeness (QED) is 0.654. The fourth-order valence-electron chi connectivity index (χ4n) is 2.61. The maximum absolute atomic E-state index is 13.0. The maximum Gasteiger partial charge on any atom is 0.416 e. The number of aryl methyl sites for hydroxylation is 1. The third kappa shape index (κ3) is 3.82. The van der Waals surface area contributed by atoms with Gasteiger partial charge in [-0.25, -0.2) is 4.98 Å². The van der Waals surface area contributed by atoms with Crippen LogP contribution in [0.15, 0.2) is 41.3 Å². The molecule has 6 nitrogen and oxygen atoms in total. The summed E-state index contributed by atoms with van der Waals surface area (Å²) in [6, 6.07) is 6.18. The highest BCUT2D eigenvalue weighted by Gasteiger charge is 2.31. The molecule has 0 atom stereocenters. The standard InChI is InChI=1S/C18H15F3N4O2/c1-9-2-3-13-15(26)14(8-23-16(13)24-9)17(27)25-12-5-10(7-22)4-11(6-12)18(19,20)21/h2-6,8H,7,22H2,1H3,(H,25,27)(H,23,24,26). The number of nitrogens with two attached hydrogens (primary N) is 1. The van der Waals surface area contributed by atoms with Crippen LogP contribution in [0.5, 0.6) is 0 Å². The molecule has 0 aliphatic rings. The van der Waals surface area contributed by atoms with Gasteiger partial charge in [0.05, 0.1) is 10.9 Å². The van der Waals surface area contributed by atoms with E-state index in [1.54, 1.807) is 13.0 Å². The summed E-state index contributed by atoms with van der Waals surface area (Å²) in [5, 5.41) is 2.54. The molecule has 0 saturated heterocycles. The highest BCUT2D eigenvalue weighted by molar-refractivity contribution is 6.05. The van der Waals surface area contributed by atoms with E-state index >= 15 is 0 Å². The van der Waals surface area contributed by atoms with Gasteiger partial charge in [-0.1, -0.05) is 0 Å². The lowest BCUT2D eigenvalue weighted by atomic mass is 10.1. The lowest BCUT2D eigenvalue weighted by Crippen LogP contribution is -2.22. The summed E-state index contributed by atoms with van der Waals surface area (Å²) in [7, 11) is 0. The molecule has 140 valence electrons. The van der Waals surface area contributed by atoms with Gasteiger partial charge in [-0.3, -0.25) is 9.59 Å². The summed E-state index contributed by atoms with van der Waals surface area (Å²) < 4.78 is 39.0. The molecule has 4 N–H and O–H groups in total. The Kier molecular flexibility index (Phi) is 4.71. The number of amides is 1. The Hall–Kier alpha value is -3.20. The molecular weight excluding hydrogens is 361 g/mol. The first kappa shape index (κ1) is 18.6. The smallest absolute Gasteiger partial charge is 0.345 e. The zero-order chi connectivity index (χ0) is 19.8. The molecule has 0 radical (unpaired) electrons. The number of anilines is 1. The first-order valence-corrected chi connectivity index (χ1v) is 7.90. The number of carbonyl (C=O) groups is 1. The Morgan fingerprint density at radius 3 is 2.67 bits per heavy atom. The molecule has 1 aromatic carbocycles. The van der Waals surface area contributed by atoms with Crippen LogP contribution in [0.4, 0.5) is 18.9 Å². The Labute approximate surface area is 151 Å². The van der Waals surface area contributed by atoms with E-state index in [9.17, 15) is 22.8 Å². The van der Waals surface area contributed by atoms with Crippen molar-refractivity contribution in [2.24, 2.45) is 5.73 Å². The average molecular weight is 376 g/mol. The number of H-pyrrole nitrogens is 1. The number of halogens is 3. The second-order valence-corrected chi connectivity index (χ2v) is 5.95. The van der Waals surface area contributed by atoms with Crippen molar-refractivity contribution in [1.29, 1.82) is 0 Å². The van der Waals surface area contributed by atoms with Gasteiger partial charge in [-0.15, -0.1) is 0 Å². The monoisotopic (exact) mass is 376 g/mol. The molecule has 2 heterocycles. The summed E-state index contributed by atoms with van der Waals surface area (Å²) in [5.74, 6) is -0.832. The van der Waals surface area contributed by atoms with Gasteiger partial charge in [0.25, 0.3) is 5.91 Å². The van der Waals surface area contributed by atoms with Crippen molar-refractivity contribution in [1.82, 2.24) is 9.97 Å². The summed E-state index contributed by atoms with van der Waals surface area (Å²) in [4.78, 5) is 31.9. The van der Waals surface area contributed by atoms with Crippen LogP contribution in [0.2, 0.25) is 0 Å². The number of nitrogens with one attached hydrogen (secondary N) is 2. The summed E-state index contributed by atoms with van der Waals surface area (Å²) in [5.41, 5.74) is 4.80. The van der Waals surface area contributed by atoms with Gasteiger partial charge in [0.1, 0.15) is 11.2 Å². The first-order valence-electron chi connectivity index (χ1n) is 7.90. The number of rotatable bonds is 3. The van der Waals surface area contributed by atoms with Crippen molar-refractivity contribution in [2.45, 2.75) is 19.6 Å². The van der Waals surface area contributed by atoms with Crippen LogP contribution in [0, 0.1) is 6.92 Å². The van der Waals surface area contributed by atoms with Crippen LogP contribution in [-0.2, 0) is 12.7 Å². The van der Waals surface area contributed by atoms with Crippen LogP contribution < -0.4 is 16.5 Å². The summed E-state index contributed by atoms with van der Waals surface area (Å²) in [6.45, 7) is 1.62. The second kappa shape index (κ2) is 6.84. The molecule has 0 aliphatic carbocycles. The van der Waals surface area contributed by atoms with Crippen LogP contribution in [-0.4, -0.2) is 15.9 Å². The third-order valence-corrected chi connectivity index (χ3v) is 3.94. The minimum absolute atomic E-state index is 0.100. The highest BCUT2D eigenvalue weighted by Crippen LogP contribution is 2.32. The Morgan fingerprint density at radius 1 is 1.26 bits per heavy atom. The largest absolute Gasteiger partial charge is 0.416 e. The highest BCUT2D eigenvalue weighted by atomic mass is 19.4.